The lowest BCUT2D eigenvalue weighted by Gasteiger charge is -2.32. The molecule has 4 nitrogen and oxygen atoms in total. The maximum absolute atomic E-state index is 5.62. The van der Waals surface area contributed by atoms with E-state index in [0.29, 0.717) is 23.8 Å². The van der Waals surface area contributed by atoms with Crippen LogP contribution in [0.15, 0.2) is 35.3 Å². The summed E-state index contributed by atoms with van der Waals surface area (Å²) in [5.74, 6) is 7.60. The van der Waals surface area contributed by atoms with Crippen molar-refractivity contribution in [2.24, 2.45) is 22.7 Å². The summed E-state index contributed by atoms with van der Waals surface area (Å²) in [4.78, 5) is 4.82. The van der Waals surface area contributed by atoms with Gasteiger partial charge in [-0.05, 0) is 36.8 Å². The highest BCUT2D eigenvalue weighted by Gasteiger charge is 2.27. The number of guanidine groups is 1. The highest BCUT2D eigenvalue weighted by atomic mass is 15.3. The Kier molecular flexibility index (Phi) is 5.41. The molecular weight excluding hydrogens is 248 g/mol. The van der Waals surface area contributed by atoms with E-state index >= 15 is 0 Å². The molecule has 0 saturated heterocycles. The van der Waals surface area contributed by atoms with E-state index < -0.39 is 0 Å². The number of nitrogens with two attached hydrogens (primary N) is 1. The molecule has 1 aliphatic rings. The van der Waals surface area contributed by atoms with Crippen LogP contribution in [0.25, 0.3) is 0 Å². The summed E-state index contributed by atoms with van der Waals surface area (Å²) >= 11 is 0. The van der Waals surface area contributed by atoms with Crippen LogP contribution in [0.5, 0.6) is 0 Å². The van der Waals surface area contributed by atoms with Crippen molar-refractivity contribution in [1.29, 1.82) is 0 Å². The minimum Gasteiger partial charge on any atom is -0.325 e. The average Bonchev–Trinajstić information content (AvgIpc) is 2.48. The van der Waals surface area contributed by atoms with Gasteiger partial charge in [0.15, 0.2) is 0 Å². The second kappa shape index (κ2) is 7.29. The van der Waals surface area contributed by atoms with Crippen LogP contribution in [0.1, 0.15) is 39.5 Å². The Labute approximate surface area is 121 Å². The Bertz CT molecular complexity index is 427. The quantitative estimate of drug-likeness (QED) is 0.343. The van der Waals surface area contributed by atoms with Gasteiger partial charge >= 0.3 is 0 Å². The Balaban J connectivity index is 2.08. The van der Waals surface area contributed by atoms with Gasteiger partial charge in [-0.15, -0.1) is 0 Å². The second-order valence-electron chi connectivity index (χ2n) is 5.87. The minimum absolute atomic E-state index is 0.367. The molecule has 2 rings (SSSR count). The van der Waals surface area contributed by atoms with Crippen molar-refractivity contribution >= 4 is 11.6 Å². The van der Waals surface area contributed by atoms with E-state index in [1.54, 1.807) is 0 Å². The van der Waals surface area contributed by atoms with E-state index in [-0.39, 0.29) is 0 Å². The monoisotopic (exact) mass is 274 g/mol. The molecule has 2 atom stereocenters. The number of hydrazine groups is 1. The van der Waals surface area contributed by atoms with Gasteiger partial charge in [-0.1, -0.05) is 44.9 Å². The summed E-state index contributed by atoms with van der Waals surface area (Å²) in [5.41, 5.74) is 3.70. The first kappa shape index (κ1) is 14.9. The maximum Gasteiger partial charge on any atom is 0.210 e. The van der Waals surface area contributed by atoms with E-state index in [1.165, 1.54) is 19.3 Å². The highest BCUT2D eigenvalue weighted by Crippen LogP contribution is 2.32. The molecule has 1 fully saturated rings. The van der Waals surface area contributed by atoms with E-state index in [4.69, 9.17) is 10.8 Å². The third-order valence-electron chi connectivity index (χ3n) is 4.11. The Morgan fingerprint density at radius 1 is 1.20 bits per heavy atom. The van der Waals surface area contributed by atoms with Crippen molar-refractivity contribution in [3.63, 3.8) is 0 Å². The van der Waals surface area contributed by atoms with Gasteiger partial charge in [0.2, 0.25) is 5.96 Å². The van der Waals surface area contributed by atoms with Gasteiger partial charge in [0, 0.05) is 5.69 Å². The molecule has 20 heavy (non-hydrogen) atoms. The SMILES string of the molecule is CC(C)C1CCCCC1N=C(NN)Nc1ccccc1. The smallest absolute Gasteiger partial charge is 0.210 e. The predicted octanol–water partition coefficient (Wildman–Crippen LogP) is 3.13. The van der Waals surface area contributed by atoms with Gasteiger partial charge in [-0.3, -0.25) is 5.43 Å². The van der Waals surface area contributed by atoms with Gasteiger partial charge < -0.3 is 5.32 Å². The molecule has 0 amide bonds. The largest absolute Gasteiger partial charge is 0.325 e. The van der Waals surface area contributed by atoms with Crippen LogP contribution in [-0.2, 0) is 0 Å². The molecule has 4 heteroatoms. The molecule has 0 spiro atoms. The van der Waals surface area contributed by atoms with Gasteiger partial charge in [0.1, 0.15) is 0 Å². The molecule has 1 aromatic carbocycles. The summed E-state index contributed by atoms with van der Waals surface area (Å²) in [6.07, 6.45) is 5.02. The van der Waals surface area contributed by atoms with Crippen molar-refractivity contribution in [3.05, 3.63) is 30.3 Å². The number of nitrogens with zero attached hydrogens (tertiary/aromatic N) is 1. The number of benzene rings is 1. The predicted molar refractivity (Wildman–Crippen MR) is 85.4 cm³/mol. The molecule has 0 aromatic heterocycles. The Morgan fingerprint density at radius 2 is 1.90 bits per heavy atom. The number of aliphatic imine (C=N–C) groups is 1. The van der Waals surface area contributed by atoms with Crippen LogP contribution in [0, 0.1) is 11.8 Å². The third-order valence-corrected chi connectivity index (χ3v) is 4.11. The van der Waals surface area contributed by atoms with Crippen LogP contribution >= 0.6 is 0 Å². The molecular formula is C16H26N4. The molecule has 0 heterocycles. The topological polar surface area (TPSA) is 62.4 Å². The van der Waals surface area contributed by atoms with Crippen LogP contribution in [0.2, 0.25) is 0 Å². The van der Waals surface area contributed by atoms with Gasteiger partial charge in [-0.25, -0.2) is 10.8 Å². The number of nitrogens with one attached hydrogen (secondary N) is 2. The number of para-hydroxylation sites is 1. The van der Waals surface area contributed by atoms with Gasteiger partial charge in [0.25, 0.3) is 0 Å². The summed E-state index contributed by atoms with van der Waals surface area (Å²) in [6.45, 7) is 4.58. The van der Waals surface area contributed by atoms with Gasteiger partial charge in [0.05, 0.1) is 6.04 Å². The molecule has 0 radical (unpaired) electrons. The molecule has 1 saturated carbocycles. The van der Waals surface area contributed by atoms with Crippen LogP contribution < -0.4 is 16.6 Å². The highest BCUT2D eigenvalue weighted by molar-refractivity contribution is 5.93. The van der Waals surface area contributed by atoms with Crippen molar-refractivity contribution in [1.82, 2.24) is 5.43 Å². The molecule has 1 aromatic rings. The number of anilines is 1. The lowest BCUT2D eigenvalue weighted by Crippen LogP contribution is -2.39. The minimum atomic E-state index is 0.367. The van der Waals surface area contributed by atoms with Crippen LogP contribution in [0.4, 0.5) is 5.69 Å². The number of hydrogen-bond acceptors (Lipinski definition) is 2. The Morgan fingerprint density at radius 3 is 2.55 bits per heavy atom. The van der Waals surface area contributed by atoms with E-state index in [2.05, 4.69) is 24.6 Å². The summed E-state index contributed by atoms with van der Waals surface area (Å²) in [5, 5.41) is 3.25. The number of rotatable bonds is 3. The zero-order valence-electron chi connectivity index (χ0n) is 12.5. The average molecular weight is 274 g/mol. The van der Waals surface area contributed by atoms with Crippen LogP contribution in [-0.4, -0.2) is 12.0 Å². The molecule has 110 valence electrons. The fourth-order valence-corrected chi connectivity index (χ4v) is 3.01. The first-order chi connectivity index (χ1) is 9.70. The fraction of sp³-hybridized carbons (Fsp3) is 0.562. The lowest BCUT2D eigenvalue weighted by molar-refractivity contribution is 0.241. The van der Waals surface area contributed by atoms with E-state index in [1.807, 2.05) is 30.3 Å². The molecule has 0 aliphatic heterocycles. The van der Waals surface area contributed by atoms with Crippen molar-refractivity contribution in [2.45, 2.75) is 45.6 Å². The zero-order chi connectivity index (χ0) is 14.4. The third kappa shape index (κ3) is 3.97. The summed E-state index contributed by atoms with van der Waals surface area (Å²) < 4.78 is 0. The van der Waals surface area contributed by atoms with E-state index in [9.17, 15) is 0 Å². The van der Waals surface area contributed by atoms with Crippen molar-refractivity contribution < 1.29 is 0 Å². The summed E-state index contributed by atoms with van der Waals surface area (Å²) in [6, 6.07) is 10.4. The van der Waals surface area contributed by atoms with Crippen molar-refractivity contribution in [3.8, 4) is 0 Å². The maximum atomic E-state index is 5.62. The lowest BCUT2D eigenvalue weighted by atomic mass is 9.78. The van der Waals surface area contributed by atoms with Crippen molar-refractivity contribution in [2.75, 3.05) is 5.32 Å². The number of hydrogen-bond donors (Lipinski definition) is 3. The normalized spacial score (nSPS) is 23.7. The second-order valence-corrected chi connectivity index (χ2v) is 5.87. The zero-order valence-corrected chi connectivity index (χ0v) is 12.5. The van der Waals surface area contributed by atoms with E-state index in [0.717, 1.165) is 12.1 Å². The molecule has 0 bridgehead atoms. The van der Waals surface area contributed by atoms with Crippen LogP contribution in [0.3, 0.4) is 0 Å². The fourth-order valence-electron chi connectivity index (χ4n) is 3.01. The Hall–Kier alpha value is -1.55. The molecule has 2 unspecified atom stereocenters. The molecule has 1 aliphatic carbocycles. The summed E-state index contributed by atoms with van der Waals surface area (Å²) in [7, 11) is 0. The van der Waals surface area contributed by atoms with Gasteiger partial charge in [-0.2, -0.15) is 0 Å². The first-order valence-corrected chi connectivity index (χ1v) is 7.57. The first-order valence-electron chi connectivity index (χ1n) is 7.57. The standard InChI is InChI=1S/C16H26N4/c1-12(2)14-10-6-7-11-15(14)19-16(20-17)18-13-8-4-3-5-9-13/h3-5,8-9,12,14-15H,6-7,10-11,17H2,1-2H3,(H2,18,19,20). The molecule has 4 N–H and O–H groups in total.